The van der Waals surface area contributed by atoms with Crippen LogP contribution in [0.25, 0.3) is 30.0 Å². The summed E-state index contributed by atoms with van der Waals surface area (Å²) in [5.74, 6) is 13.7. The molecule has 0 amide bonds. The van der Waals surface area contributed by atoms with Crippen LogP contribution in [0.5, 0.6) is 0 Å². The number of thioether (sulfide) groups is 8. The predicted octanol–water partition coefficient (Wildman–Crippen LogP) is 11.6. The molecule has 0 unspecified atom stereocenters. The van der Waals surface area contributed by atoms with Crippen LogP contribution in [0.3, 0.4) is 0 Å². The van der Waals surface area contributed by atoms with Crippen LogP contribution >= 0.6 is 94.1 Å². The molecule has 2 aliphatic heterocycles. The standard InChI is InChI=1S/C40H28S8/c1-41-37-38(42-2)46-35(45-37)33-29-21-19-28(18-16-26-13-9-6-10-14-26)24-32(29)34(36-47-39(43-3)40(44-4)48-36)30-22-20-27(23-31(30)33)17-15-25-11-7-5-8-12-25/h5-14,19-24H,1-4H3. The van der Waals surface area contributed by atoms with Crippen molar-refractivity contribution in [3.05, 3.63) is 147 Å². The van der Waals surface area contributed by atoms with Gasteiger partial charge in [-0.3, -0.25) is 0 Å². The Hall–Kier alpha value is -2.24. The lowest BCUT2D eigenvalue weighted by atomic mass is 9.96. The second kappa shape index (κ2) is 15.8. The molecule has 8 heteroatoms. The van der Waals surface area contributed by atoms with Gasteiger partial charge < -0.3 is 0 Å². The highest BCUT2D eigenvalue weighted by molar-refractivity contribution is 8.46. The third-order valence-corrected chi connectivity index (χ3v) is 18.0. The van der Waals surface area contributed by atoms with Gasteiger partial charge in [0, 0.05) is 32.7 Å². The van der Waals surface area contributed by atoms with E-state index in [-0.39, 0.29) is 0 Å². The molecule has 48 heavy (non-hydrogen) atoms. The van der Waals surface area contributed by atoms with E-state index < -0.39 is 0 Å². The summed E-state index contributed by atoms with van der Waals surface area (Å²) in [6.07, 6.45) is 8.73. The second-order valence-corrected chi connectivity index (χ2v) is 19.4. The van der Waals surface area contributed by atoms with Crippen molar-refractivity contribution >= 4 is 124 Å². The summed E-state index contributed by atoms with van der Waals surface area (Å²) in [6.45, 7) is 0. The smallest absolute Gasteiger partial charge is 0.0657 e. The van der Waals surface area contributed by atoms with Crippen LogP contribution in [0.4, 0.5) is 0 Å². The lowest BCUT2D eigenvalue weighted by Gasteiger charge is -2.12. The Labute approximate surface area is 316 Å². The molecule has 0 saturated carbocycles. The van der Waals surface area contributed by atoms with Crippen molar-refractivity contribution in [3.63, 3.8) is 0 Å². The topological polar surface area (TPSA) is 0 Å². The third-order valence-electron chi connectivity index (χ3n) is 7.59. The molecule has 0 fully saturated rings. The van der Waals surface area contributed by atoms with E-state index in [4.69, 9.17) is 0 Å². The van der Waals surface area contributed by atoms with Gasteiger partial charge in [0.05, 0.1) is 25.4 Å². The number of benzene rings is 5. The average molecular weight is 765 g/mol. The van der Waals surface area contributed by atoms with Crippen LogP contribution in [-0.4, -0.2) is 25.0 Å². The van der Waals surface area contributed by atoms with Crippen molar-refractivity contribution in [2.24, 2.45) is 0 Å². The quantitative estimate of drug-likeness (QED) is 0.129. The fraction of sp³-hybridized carbons (Fsp3) is 0.100. The molecule has 0 aromatic heterocycles. The Morgan fingerprint density at radius 3 is 1.04 bits per heavy atom. The van der Waals surface area contributed by atoms with Gasteiger partial charge in [-0.15, -0.1) is 47.0 Å². The summed E-state index contributed by atoms with van der Waals surface area (Å²) in [5, 5.41) is 7.58. The minimum atomic E-state index is 1.02. The molecular weight excluding hydrogens is 737 g/mol. The molecule has 0 atom stereocenters. The van der Waals surface area contributed by atoms with Crippen molar-refractivity contribution in [2.75, 3.05) is 25.0 Å². The molecule has 0 nitrogen and oxygen atoms in total. The molecule has 7 rings (SSSR count). The number of hydrogen-bond acceptors (Lipinski definition) is 8. The van der Waals surface area contributed by atoms with Crippen molar-refractivity contribution in [3.8, 4) is 23.7 Å². The zero-order valence-corrected chi connectivity index (χ0v) is 33.0. The van der Waals surface area contributed by atoms with Crippen LogP contribution in [0.1, 0.15) is 22.3 Å². The number of rotatable bonds is 4. The second-order valence-electron chi connectivity index (χ2n) is 10.5. The predicted molar refractivity (Wildman–Crippen MR) is 231 cm³/mol. The maximum Gasteiger partial charge on any atom is 0.0657 e. The van der Waals surface area contributed by atoms with E-state index in [0.717, 1.165) is 22.3 Å². The SMILES string of the molecule is CSC1=C(SC)SC(=c2c3ccc(C#Cc4ccccc4)cc3c(=C3SC(SC)=C(SC)S3)c3ccc(C#Cc4ccccc4)cc23)S1. The monoisotopic (exact) mass is 764 g/mol. The molecule has 0 aliphatic carbocycles. The van der Waals surface area contributed by atoms with E-state index in [1.807, 2.05) is 130 Å². The van der Waals surface area contributed by atoms with E-state index in [9.17, 15) is 0 Å². The molecule has 0 spiro atoms. The van der Waals surface area contributed by atoms with E-state index in [2.05, 4.69) is 109 Å². The van der Waals surface area contributed by atoms with Crippen LogP contribution in [-0.2, 0) is 0 Å². The summed E-state index contributed by atoms with van der Waals surface area (Å²) in [5.41, 5.74) is 4.07. The van der Waals surface area contributed by atoms with Gasteiger partial charge in [0.2, 0.25) is 0 Å². The highest BCUT2D eigenvalue weighted by Crippen LogP contribution is 2.58. The summed E-state index contributed by atoms with van der Waals surface area (Å²) < 4.78 is 8.12. The van der Waals surface area contributed by atoms with Crippen LogP contribution in [0, 0.1) is 23.7 Å². The third kappa shape index (κ3) is 7.15. The van der Waals surface area contributed by atoms with Crippen LogP contribution in [0.15, 0.2) is 114 Å². The molecule has 0 radical (unpaired) electrons. The first-order valence-electron chi connectivity index (χ1n) is 14.9. The van der Waals surface area contributed by atoms with E-state index in [1.165, 1.54) is 57.4 Å². The summed E-state index contributed by atoms with van der Waals surface area (Å²) in [4.78, 5) is 0. The number of fused-ring (bicyclic) bond motifs is 2. The Balaban J connectivity index is 1.56. The van der Waals surface area contributed by atoms with Crippen molar-refractivity contribution in [1.29, 1.82) is 0 Å². The van der Waals surface area contributed by atoms with Crippen LogP contribution in [0.2, 0.25) is 0 Å². The van der Waals surface area contributed by atoms with Crippen molar-refractivity contribution in [1.82, 2.24) is 0 Å². The lowest BCUT2D eigenvalue weighted by molar-refractivity contribution is 1.62. The van der Waals surface area contributed by atoms with E-state index >= 15 is 0 Å². The average Bonchev–Trinajstić information content (AvgIpc) is 3.76. The van der Waals surface area contributed by atoms with E-state index in [0.29, 0.717) is 0 Å². The van der Waals surface area contributed by atoms with Gasteiger partial charge in [-0.1, -0.05) is 119 Å². The summed E-state index contributed by atoms with van der Waals surface area (Å²) >= 11 is 15.0. The molecule has 5 aromatic carbocycles. The minimum absolute atomic E-state index is 1.02. The first-order valence-corrected chi connectivity index (χ1v) is 23.0. The lowest BCUT2D eigenvalue weighted by Crippen LogP contribution is -2.17. The molecule has 2 heterocycles. The highest BCUT2D eigenvalue weighted by Gasteiger charge is 2.25. The normalized spacial score (nSPS) is 14.5. The minimum Gasteiger partial charge on any atom is -0.121 e. The van der Waals surface area contributed by atoms with Crippen LogP contribution < -0.4 is 10.4 Å². The van der Waals surface area contributed by atoms with Gasteiger partial charge in [-0.2, -0.15) is 0 Å². The molecule has 0 N–H and O–H groups in total. The van der Waals surface area contributed by atoms with Gasteiger partial charge in [-0.25, -0.2) is 0 Å². The zero-order chi connectivity index (χ0) is 33.0. The molecule has 2 aliphatic rings. The van der Waals surface area contributed by atoms with Gasteiger partial charge in [0.15, 0.2) is 0 Å². The van der Waals surface area contributed by atoms with Gasteiger partial charge in [-0.05, 0) is 95.1 Å². The maximum absolute atomic E-state index is 3.48. The molecule has 236 valence electrons. The Morgan fingerprint density at radius 2 is 0.708 bits per heavy atom. The summed E-state index contributed by atoms with van der Waals surface area (Å²) in [6, 6.07) is 34.1. The first kappa shape index (κ1) is 34.2. The Kier molecular flexibility index (Phi) is 11.2. The summed E-state index contributed by atoms with van der Waals surface area (Å²) in [7, 11) is 0. The van der Waals surface area contributed by atoms with Crippen molar-refractivity contribution < 1.29 is 0 Å². The van der Waals surface area contributed by atoms with Crippen molar-refractivity contribution in [2.45, 2.75) is 0 Å². The zero-order valence-electron chi connectivity index (χ0n) is 26.5. The number of hydrogen-bond donors (Lipinski definition) is 0. The molecule has 0 saturated heterocycles. The van der Waals surface area contributed by atoms with Gasteiger partial charge in [0.25, 0.3) is 0 Å². The Bertz CT molecular complexity index is 2180. The van der Waals surface area contributed by atoms with E-state index in [1.54, 1.807) is 0 Å². The van der Waals surface area contributed by atoms with Gasteiger partial charge >= 0.3 is 0 Å². The van der Waals surface area contributed by atoms with Gasteiger partial charge in [0.1, 0.15) is 0 Å². The fourth-order valence-corrected chi connectivity index (χ4v) is 15.7. The molecular formula is C40H28S8. The Morgan fingerprint density at radius 1 is 0.375 bits per heavy atom. The largest absolute Gasteiger partial charge is 0.121 e. The maximum atomic E-state index is 3.48. The molecule has 5 aromatic rings. The first-order chi connectivity index (χ1) is 23.6. The fourth-order valence-electron chi connectivity index (χ4n) is 5.40. The highest BCUT2D eigenvalue weighted by atomic mass is 32.3. The molecule has 0 bridgehead atoms.